The van der Waals surface area contributed by atoms with Crippen LogP contribution in [-0.2, 0) is 11.3 Å². The molecule has 2 saturated heterocycles. The summed E-state index contributed by atoms with van der Waals surface area (Å²) in [5, 5.41) is 0. The standard InChI is InChI=1S/C21H24N4O3/c1-28-17-7-11-23-18(14-17)19(26)25-13-5-9-21(25)8-4-12-24(20(21)27)15-16-6-2-3-10-22-16/h2-3,6-7,10-11,14H,4-5,8-9,12-13,15H2,1H3. The number of nitrogens with zero attached hydrogens (tertiary/aromatic N) is 4. The molecule has 7 nitrogen and oxygen atoms in total. The van der Waals surface area contributed by atoms with Crippen molar-refractivity contribution >= 4 is 11.8 Å². The highest BCUT2D eigenvalue weighted by Crippen LogP contribution is 2.39. The second-order valence-corrected chi connectivity index (χ2v) is 7.32. The molecule has 1 atom stereocenters. The number of ether oxygens (including phenoxy) is 1. The van der Waals surface area contributed by atoms with E-state index < -0.39 is 5.54 Å². The van der Waals surface area contributed by atoms with Crippen LogP contribution in [0.15, 0.2) is 42.7 Å². The molecule has 2 aromatic heterocycles. The molecule has 0 N–H and O–H groups in total. The first-order valence-corrected chi connectivity index (χ1v) is 9.65. The lowest BCUT2D eigenvalue weighted by Crippen LogP contribution is -2.61. The summed E-state index contributed by atoms with van der Waals surface area (Å²) in [5.74, 6) is 0.404. The fraction of sp³-hybridized carbons (Fsp3) is 0.429. The summed E-state index contributed by atoms with van der Waals surface area (Å²) in [6, 6.07) is 9.05. The fourth-order valence-corrected chi connectivity index (χ4v) is 4.35. The van der Waals surface area contributed by atoms with E-state index in [0.717, 1.165) is 18.5 Å². The van der Waals surface area contributed by atoms with Crippen molar-refractivity contribution in [3.8, 4) is 5.75 Å². The molecule has 2 aliphatic rings. The van der Waals surface area contributed by atoms with E-state index in [1.165, 1.54) is 0 Å². The maximum Gasteiger partial charge on any atom is 0.273 e. The number of piperidine rings is 1. The van der Waals surface area contributed by atoms with Crippen LogP contribution in [0.2, 0.25) is 0 Å². The largest absolute Gasteiger partial charge is 0.497 e. The molecule has 0 aliphatic carbocycles. The topological polar surface area (TPSA) is 75.6 Å². The average molecular weight is 380 g/mol. The predicted octanol–water partition coefficient (Wildman–Crippen LogP) is 2.28. The zero-order valence-electron chi connectivity index (χ0n) is 16.0. The Morgan fingerprint density at radius 1 is 1.14 bits per heavy atom. The van der Waals surface area contributed by atoms with Crippen LogP contribution in [0.3, 0.4) is 0 Å². The van der Waals surface area contributed by atoms with E-state index in [2.05, 4.69) is 9.97 Å². The van der Waals surface area contributed by atoms with Gasteiger partial charge in [0.1, 0.15) is 17.0 Å². The number of likely N-dealkylation sites (tertiary alicyclic amines) is 2. The predicted molar refractivity (Wildman–Crippen MR) is 103 cm³/mol. The molecule has 0 saturated carbocycles. The zero-order valence-corrected chi connectivity index (χ0v) is 16.0. The highest BCUT2D eigenvalue weighted by Gasteiger charge is 2.53. The number of methoxy groups -OCH3 is 1. The van der Waals surface area contributed by atoms with E-state index in [4.69, 9.17) is 4.74 Å². The third-order valence-corrected chi connectivity index (χ3v) is 5.70. The van der Waals surface area contributed by atoms with E-state index in [1.807, 2.05) is 23.1 Å². The monoisotopic (exact) mass is 380 g/mol. The fourth-order valence-electron chi connectivity index (χ4n) is 4.35. The van der Waals surface area contributed by atoms with E-state index in [9.17, 15) is 9.59 Å². The average Bonchev–Trinajstić information content (AvgIpc) is 3.16. The van der Waals surface area contributed by atoms with Gasteiger partial charge in [0.15, 0.2) is 0 Å². The van der Waals surface area contributed by atoms with Gasteiger partial charge < -0.3 is 14.5 Å². The summed E-state index contributed by atoms with van der Waals surface area (Å²) in [6.45, 7) is 1.73. The van der Waals surface area contributed by atoms with Crippen molar-refractivity contribution in [2.75, 3.05) is 20.2 Å². The first-order chi connectivity index (χ1) is 13.6. The van der Waals surface area contributed by atoms with Crippen LogP contribution in [-0.4, -0.2) is 57.3 Å². The minimum atomic E-state index is -0.769. The van der Waals surface area contributed by atoms with Crippen LogP contribution in [0, 0.1) is 0 Å². The van der Waals surface area contributed by atoms with Crippen molar-refractivity contribution in [1.29, 1.82) is 0 Å². The van der Waals surface area contributed by atoms with Crippen LogP contribution in [0.1, 0.15) is 41.9 Å². The number of carbonyl (C=O) groups excluding carboxylic acids is 2. The van der Waals surface area contributed by atoms with Gasteiger partial charge in [-0.2, -0.15) is 0 Å². The smallest absolute Gasteiger partial charge is 0.273 e. The van der Waals surface area contributed by atoms with Crippen molar-refractivity contribution in [2.45, 2.75) is 37.8 Å². The molecule has 2 aromatic rings. The molecular weight excluding hydrogens is 356 g/mol. The van der Waals surface area contributed by atoms with Gasteiger partial charge in [-0.3, -0.25) is 19.6 Å². The molecular formula is C21H24N4O3. The van der Waals surface area contributed by atoms with E-state index in [1.54, 1.807) is 36.5 Å². The molecule has 28 heavy (non-hydrogen) atoms. The Kier molecular flexibility index (Phi) is 4.98. The first-order valence-electron chi connectivity index (χ1n) is 9.65. The van der Waals surface area contributed by atoms with Crippen LogP contribution < -0.4 is 4.74 Å². The van der Waals surface area contributed by atoms with Gasteiger partial charge in [-0.05, 0) is 43.9 Å². The Balaban J connectivity index is 1.59. The first kappa shape index (κ1) is 18.4. The number of pyridine rings is 2. The second kappa shape index (κ2) is 7.58. The van der Waals surface area contributed by atoms with Gasteiger partial charge in [-0.1, -0.05) is 6.07 Å². The summed E-state index contributed by atoms with van der Waals surface area (Å²) < 4.78 is 5.22. The summed E-state index contributed by atoms with van der Waals surface area (Å²) in [7, 11) is 1.56. The van der Waals surface area contributed by atoms with Crippen LogP contribution >= 0.6 is 0 Å². The van der Waals surface area contributed by atoms with Gasteiger partial charge in [-0.25, -0.2) is 0 Å². The SMILES string of the molecule is COc1ccnc(C(=O)N2CCCC23CCCN(Cc2ccccn2)C3=O)c1. The summed E-state index contributed by atoms with van der Waals surface area (Å²) in [5.41, 5.74) is 0.406. The number of amides is 2. The van der Waals surface area contributed by atoms with Crippen molar-refractivity contribution in [3.63, 3.8) is 0 Å². The molecule has 2 amide bonds. The maximum absolute atomic E-state index is 13.5. The molecule has 146 valence electrons. The molecule has 7 heteroatoms. The lowest BCUT2D eigenvalue weighted by Gasteiger charge is -2.44. The summed E-state index contributed by atoms with van der Waals surface area (Å²) in [6.07, 6.45) is 6.37. The van der Waals surface area contributed by atoms with Gasteiger partial charge in [0, 0.05) is 31.5 Å². The van der Waals surface area contributed by atoms with Crippen LogP contribution in [0.4, 0.5) is 0 Å². The minimum Gasteiger partial charge on any atom is -0.497 e. The quantitative estimate of drug-likeness (QED) is 0.813. The Hall–Kier alpha value is -2.96. The number of carbonyl (C=O) groups is 2. The van der Waals surface area contributed by atoms with Crippen LogP contribution in [0.5, 0.6) is 5.75 Å². The minimum absolute atomic E-state index is 0.0261. The Morgan fingerprint density at radius 2 is 1.96 bits per heavy atom. The highest BCUT2D eigenvalue weighted by molar-refractivity contribution is 5.99. The van der Waals surface area contributed by atoms with Gasteiger partial charge in [-0.15, -0.1) is 0 Å². The van der Waals surface area contributed by atoms with Gasteiger partial charge in [0.2, 0.25) is 5.91 Å². The molecule has 2 aliphatic heterocycles. The zero-order chi connectivity index (χ0) is 19.6. The lowest BCUT2D eigenvalue weighted by molar-refractivity contribution is -0.146. The molecule has 0 bridgehead atoms. The molecule has 1 unspecified atom stereocenters. The number of hydrogen-bond donors (Lipinski definition) is 0. The van der Waals surface area contributed by atoms with Crippen molar-refractivity contribution in [1.82, 2.24) is 19.8 Å². The third-order valence-electron chi connectivity index (χ3n) is 5.70. The summed E-state index contributed by atoms with van der Waals surface area (Å²) >= 11 is 0. The van der Waals surface area contributed by atoms with Gasteiger partial charge in [0.05, 0.1) is 19.3 Å². The van der Waals surface area contributed by atoms with E-state index >= 15 is 0 Å². The number of hydrogen-bond acceptors (Lipinski definition) is 5. The number of rotatable bonds is 4. The molecule has 0 radical (unpaired) electrons. The molecule has 1 spiro atoms. The van der Waals surface area contributed by atoms with E-state index in [0.29, 0.717) is 43.9 Å². The molecule has 4 heterocycles. The lowest BCUT2D eigenvalue weighted by atomic mass is 9.85. The second-order valence-electron chi connectivity index (χ2n) is 7.32. The number of aromatic nitrogens is 2. The third kappa shape index (κ3) is 3.21. The van der Waals surface area contributed by atoms with Gasteiger partial charge in [0.25, 0.3) is 5.91 Å². The molecule has 4 rings (SSSR count). The van der Waals surface area contributed by atoms with E-state index in [-0.39, 0.29) is 11.8 Å². The Bertz CT molecular complexity index is 873. The Morgan fingerprint density at radius 3 is 2.71 bits per heavy atom. The van der Waals surface area contributed by atoms with Crippen molar-refractivity contribution in [2.24, 2.45) is 0 Å². The van der Waals surface area contributed by atoms with Crippen LogP contribution in [0.25, 0.3) is 0 Å². The highest BCUT2D eigenvalue weighted by atomic mass is 16.5. The van der Waals surface area contributed by atoms with Gasteiger partial charge >= 0.3 is 0 Å². The summed E-state index contributed by atoms with van der Waals surface area (Å²) in [4.78, 5) is 38.8. The van der Waals surface area contributed by atoms with Crippen molar-refractivity contribution < 1.29 is 14.3 Å². The normalized spacial score (nSPS) is 22.0. The maximum atomic E-state index is 13.5. The van der Waals surface area contributed by atoms with Crippen molar-refractivity contribution in [3.05, 3.63) is 54.1 Å². The Labute approximate surface area is 164 Å². The molecule has 2 fully saturated rings. The molecule has 0 aromatic carbocycles.